The zero-order valence-corrected chi connectivity index (χ0v) is 31.2. The highest BCUT2D eigenvalue weighted by atomic mass is 16.5. The molecule has 4 aromatic heterocycles. The van der Waals surface area contributed by atoms with Crippen LogP contribution >= 0.6 is 0 Å². The van der Waals surface area contributed by atoms with E-state index in [9.17, 15) is 19.2 Å². The fourth-order valence-corrected chi connectivity index (χ4v) is 5.75. The minimum Gasteiger partial charge on any atom is -0.492 e. The normalized spacial score (nSPS) is 10.9. The van der Waals surface area contributed by atoms with Crippen LogP contribution in [0.1, 0.15) is 73.9 Å². The fourth-order valence-electron chi connectivity index (χ4n) is 5.75. The van der Waals surface area contributed by atoms with Crippen LogP contribution in [0.5, 0.6) is 5.75 Å². The number of carbonyl (C=O) groups is 4. The van der Waals surface area contributed by atoms with E-state index in [1.54, 1.807) is 56.4 Å². The van der Waals surface area contributed by atoms with Gasteiger partial charge < -0.3 is 31.1 Å². The largest absolute Gasteiger partial charge is 0.492 e. The number of hydrogen-bond donors (Lipinski definition) is 4. The molecule has 284 valence electrons. The van der Waals surface area contributed by atoms with Crippen molar-refractivity contribution in [2.75, 3.05) is 24.7 Å². The van der Waals surface area contributed by atoms with Gasteiger partial charge in [0.15, 0.2) is 6.29 Å². The number of aromatic nitrogens is 8. The number of fused-ring (bicyclic) bond motifs is 2. The number of nitrogens with zero attached hydrogens (tertiary/aromatic N) is 8. The molecule has 0 spiro atoms. The molecule has 0 aliphatic heterocycles. The molecule has 0 saturated heterocycles. The zero-order chi connectivity index (χ0) is 39.5. The third-order valence-corrected chi connectivity index (χ3v) is 8.08. The summed E-state index contributed by atoms with van der Waals surface area (Å²) in [5, 5.41) is 11.3. The minimum atomic E-state index is -0.587. The average Bonchev–Trinajstić information content (AvgIpc) is 3.92. The number of benzene rings is 2. The van der Waals surface area contributed by atoms with Gasteiger partial charge in [0.1, 0.15) is 28.9 Å². The Kier molecular flexibility index (Phi) is 13.6. The fraction of sp³-hybridized carbons (Fsp3) is 0.297. The predicted octanol–water partition coefficient (Wildman–Crippen LogP) is 3.91. The Labute approximate surface area is 311 Å². The van der Waals surface area contributed by atoms with E-state index in [1.807, 2.05) is 51.3 Å². The number of nitrogens with two attached hydrogens (primary N) is 3. The second-order valence-electron chi connectivity index (χ2n) is 11.7. The lowest BCUT2D eigenvalue weighted by Gasteiger charge is -2.10. The first-order valence-electron chi connectivity index (χ1n) is 17.3. The van der Waals surface area contributed by atoms with Gasteiger partial charge in [-0.05, 0) is 84.1 Å². The highest BCUT2D eigenvalue weighted by molar-refractivity contribution is 6.03. The lowest BCUT2D eigenvalue weighted by Crippen LogP contribution is -2.19. The molecule has 0 unspecified atom stereocenters. The number of nitrogens with one attached hydrogen (secondary N) is 1. The lowest BCUT2D eigenvalue weighted by molar-refractivity contribution is 0.0995. The number of nitrogen functional groups attached to an aromatic ring is 1. The van der Waals surface area contributed by atoms with E-state index in [4.69, 9.17) is 16.2 Å². The van der Waals surface area contributed by atoms with Crippen molar-refractivity contribution in [1.29, 1.82) is 0 Å². The van der Waals surface area contributed by atoms with Crippen molar-refractivity contribution in [3.05, 3.63) is 88.5 Å². The van der Waals surface area contributed by atoms with Gasteiger partial charge in [-0.3, -0.25) is 33.9 Å². The molecular weight excluding hydrogens is 692 g/mol. The summed E-state index contributed by atoms with van der Waals surface area (Å²) in [6.45, 7) is 11.8. The second-order valence-corrected chi connectivity index (χ2v) is 11.7. The van der Waals surface area contributed by atoms with Crippen molar-refractivity contribution in [1.82, 2.24) is 38.7 Å². The SMILES string of the molecule is CCOc1cc(C(N)=O)cc2nc(N)n(C/C=C/Cn3c(NC(=O)c4cc(C)nn4CC)nc4cc(C=O)ccc43)c12.CCn1nc(C)cc1C=O.CN. The third-order valence-electron chi connectivity index (χ3n) is 8.08. The molecule has 2 aromatic carbocycles. The van der Waals surface area contributed by atoms with Crippen molar-refractivity contribution in [3.8, 4) is 5.75 Å². The number of aryl methyl sites for hydroxylation is 4. The predicted molar refractivity (Wildman–Crippen MR) is 207 cm³/mol. The Morgan fingerprint density at radius 3 is 2.11 bits per heavy atom. The molecule has 0 radical (unpaired) electrons. The molecule has 17 heteroatoms. The molecule has 54 heavy (non-hydrogen) atoms. The molecule has 0 aliphatic rings. The molecule has 2 amide bonds. The van der Waals surface area contributed by atoms with Gasteiger partial charge in [-0.15, -0.1) is 0 Å². The summed E-state index contributed by atoms with van der Waals surface area (Å²) < 4.78 is 12.7. The Hall–Kier alpha value is -6.62. The van der Waals surface area contributed by atoms with E-state index < -0.39 is 5.91 Å². The first kappa shape index (κ1) is 40.2. The molecule has 0 aliphatic carbocycles. The van der Waals surface area contributed by atoms with Gasteiger partial charge in [-0.1, -0.05) is 12.2 Å². The minimum absolute atomic E-state index is 0.252. The number of hydrogen-bond acceptors (Lipinski definition) is 11. The van der Waals surface area contributed by atoms with Gasteiger partial charge in [0.05, 0.1) is 34.5 Å². The molecular formula is C37H46N12O5. The Morgan fingerprint density at radius 2 is 1.50 bits per heavy atom. The maximum Gasteiger partial charge on any atom is 0.276 e. The summed E-state index contributed by atoms with van der Waals surface area (Å²) in [5.41, 5.74) is 22.1. The Bertz CT molecular complexity index is 2310. The van der Waals surface area contributed by atoms with Crippen LogP contribution in [0.25, 0.3) is 22.1 Å². The summed E-state index contributed by atoms with van der Waals surface area (Å²) in [7, 11) is 1.50. The molecule has 4 heterocycles. The van der Waals surface area contributed by atoms with Gasteiger partial charge in [0, 0.05) is 37.3 Å². The molecule has 0 atom stereocenters. The van der Waals surface area contributed by atoms with Gasteiger partial charge >= 0.3 is 0 Å². The average molecular weight is 739 g/mol. The Morgan fingerprint density at radius 1 is 0.833 bits per heavy atom. The monoisotopic (exact) mass is 738 g/mol. The Balaban J connectivity index is 0.000000465. The van der Waals surface area contributed by atoms with Crippen molar-refractivity contribution in [3.63, 3.8) is 0 Å². The molecule has 17 nitrogen and oxygen atoms in total. The van der Waals surface area contributed by atoms with Crippen LogP contribution in [-0.2, 0) is 26.2 Å². The number of amides is 2. The van der Waals surface area contributed by atoms with Gasteiger partial charge in [-0.2, -0.15) is 10.2 Å². The zero-order valence-electron chi connectivity index (χ0n) is 31.2. The molecule has 0 fully saturated rings. The summed E-state index contributed by atoms with van der Waals surface area (Å²) >= 11 is 0. The van der Waals surface area contributed by atoms with E-state index in [0.29, 0.717) is 71.4 Å². The molecule has 6 rings (SSSR count). The van der Waals surface area contributed by atoms with E-state index in [2.05, 4.69) is 31.2 Å². The van der Waals surface area contributed by atoms with Gasteiger partial charge in [-0.25, -0.2) is 9.97 Å². The lowest BCUT2D eigenvalue weighted by atomic mass is 10.1. The number of ether oxygens (including phenoxy) is 1. The third kappa shape index (κ3) is 8.87. The number of anilines is 2. The van der Waals surface area contributed by atoms with Crippen molar-refractivity contribution in [2.45, 2.75) is 60.8 Å². The summed E-state index contributed by atoms with van der Waals surface area (Å²) in [6.07, 6.45) is 5.39. The quantitative estimate of drug-likeness (QED) is 0.0978. The summed E-state index contributed by atoms with van der Waals surface area (Å²) in [6, 6.07) is 11.8. The highest BCUT2D eigenvalue weighted by Crippen LogP contribution is 2.30. The number of rotatable bonds is 13. The first-order valence-corrected chi connectivity index (χ1v) is 17.3. The smallest absolute Gasteiger partial charge is 0.276 e. The second kappa shape index (κ2) is 18.2. The maximum atomic E-state index is 13.2. The van der Waals surface area contributed by atoms with Crippen LogP contribution in [0.4, 0.5) is 11.9 Å². The first-order chi connectivity index (χ1) is 26.0. The molecule has 0 bridgehead atoms. The van der Waals surface area contributed by atoms with Crippen molar-refractivity contribution in [2.24, 2.45) is 11.5 Å². The van der Waals surface area contributed by atoms with E-state index >= 15 is 0 Å². The van der Waals surface area contributed by atoms with Crippen LogP contribution in [0, 0.1) is 13.8 Å². The van der Waals surface area contributed by atoms with Crippen LogP contribution < -0.4 is 27.3 Å². The number of carbonyl (C=O) groups excluding carboxylic acids is 4. The van der Waals surface area contributed by atoms with Crippen LogP contribution in [0.2, 0.25) is 0 Å². The van der Waals surface area contributed by atoms with Crippen LogP contribution in [0.15, 0.2) is 54.6 Å². The topological polar surface area (TPSA) is 239 Å². The maximum absolute atomic E-state index is 13.2. The number of allylic oxidation sites excluding steroid dienone is 2. The van der Waals surface area contributed by atoms with Crippen molar-refractivity contribution < 1.29 is 23.9 Å². The van der Waals surface area contributed by atoms with E-state index in [-0.39, 0.29) is 17.4 Å². The number of aldehydes is 2. The van der Waals surface area contributed by atoms with Crippen molar-refractivity contribution >= 4 is 58.4 Å². The van der Waals surface area contributed by atoms with Crippen LogP contribution in [0.3, 0.4) is 0 Å². The standard InChI is InChI=1S/C29H31N9O4.C7H10N2O.CH5N/c1-4-38-23(12-17(3)35-38)27(41)34-29-33-20-13-18(16-39)8-9-22(20)36(29)10-6-7-11-37-25-21(32-28(37)31)14-19(26(30)40)15-24(25)42-5-2;1-3-9-7(5-10)4-6(2)8-9;1-2/h6-9,12-16H,4-5,10-11H2,1-3H3,(H2,30,40)(H2,31,32)(H,33,34,41);4-5H,3H2,1-2H3;2H2,1H3/b7-6+;;. The van der Waals surface area contributed by atoms with Gasteiger partial charge in [0.2, 0.25) is 17.8 Å². The van der Waals surface area contributed by atoms with E-state index in [1.165, 1.54) is 7.05 Å². The molecule has 6 aromatic rings. The summed E-state index contributed by atoms with van der Waals surface area (Å²) in [4.78, 5) is 55.7. The number of primary amides is 1. The summed E-state index contributed by atoms with van der Waals surface area (Å²) in [5.74, 6) is 0.109. The number of imidazole rings is 2. The molecule has 0 saturated carbocycles. The highest BCUT2D eigenvalue weighted by Gasteiger charge is 2.19. The van der Waals surface area contributed by atoms with Crippen LogP contribution in [-0.4, -0.2) is 76.7 Å². The van der Waals surface area contributed by atoms with E-state index in [0.717, 1.165) is 36.0 Å². The van der Waals surface area contributed by atoms with Gasteiger partial charge in [0.25, 0.3) is 5.91 Å². The molecule has 7 N–H and O–H groups in total.